The van der Waals surface area contributed by atoms with Crippen LogP contribution in [0.25, 0.3) is 0 Å². The molecular weight excluding hydrogens is 256 g/mol. The summed E-state index contributed by atoms with van der Waals surface area (Å²) >= 11 is 0. The van der Waals surface area contributed by atoms with E-state index in [1.165, 1.54) is 0 Å². The molecule has 8 heteroatoms. The number of hydrogen-bond donors (Lipinski definition) is 1. The molecule has 0 aliphatic heterocycles. The summed E-state index contributed by atoms with van der Waals surface area (Å²) in [5.41, 5.74) is 4.41. The molecule has 1 aromatic carbocycles. The molecule has 4 nitrogen and oxygen atoms in total. The molecule has 0 bridgehead atoms. The van der Waals surface area contributed by atoms with E-state index in [2.05, 4.69) is 0 Å². The molecule has 0 heterocycles. The predicted molar refractivity (Wildman–Crippen MR) is 54.4 cm³/mol. The summed E-state index contributed by atoms with van der Waals surface area (Å²) in [6, 6.07) is 1.49. The number of anilines is 1. The summed E-state index contributed by atoms with van der Waals surface area (Å²) in [7, 11) is 0. The maximum Gasteiger partial charge on any atom is 0.392 e. The Morgan fingerprint density at radius 2 is 2.00 bits per heavy atom. The third kappa shape index (κ3) is 2.09. The van der Waals surface area contributed by atoms with Crippen molar-refractivity contribution >= 4 is 11.4 Å². The third-order valence-electron chi connectivity index (χ3n) is 2.96. The topological polar surface area (TPSA) is 69.2 Å². The first-order valence-corrected chi connectivity index (χ1v) is 5.02. The molecule has 0 unspecified atom stereocenters. The van der Waals surface area contributed by atoms with E-state index in [1.54, 1.807) is 0 Å². The minimum absolute atomic E-state index is 0.0135. The summed E-state index contributed by atoms with van der Waals surface area (Å²) in [6.45, 7) is 0. The van der Waals surface area contributed by atoms with Gasteiger partial charge >= 0.3 is 11.9 Å². The van der Waals surface area contributed by atoms with Gasteiger partial charge in [0.15, 0.2) is 0 Å². The normalized spacial score (nSPS) is 22.9. The average molecular weight is 264 g/mol. The van der Waals surface area contributed by atoms with Crippen LogP contribution in [0.5, 0.6) is 0 Å². The minimum Gasteiger partial charge on any atom is -0.398 e. The number of nitro groups is 1. The van der Waals surface area contributed by atoms with Gasteiger partial charge in [-0.25, -0.2) is 0 Å². The van der Waals surface area contributed by atoms with Gasteiger partial charge in [-0.3, -0.25) is 10.1 Å². The number of nitrogen functional groups attached to an aromatic ring is 1. The molecule has 1 aliphatic rings. The van der Waals surface area contributed by atoms with Crippen molar-refractivity contribution in [3.63, 3.8) is 0 Å². The largest absolute Gasteiger partial charge is 0.398 e. The summed E-state index contributed by atoms with van der Waals surface area (Å²) in [4.78, 5) is 9.46. The van der Waals surface area contributed by atoms with E-state index in [-0.39, 0.29) is 17.7 Å². The molecular formula is C10H8F4N2O2. The van der Waals surface area contributed by atoms with E-state index in [9.17, 15) is 27.7 Å². The van der Waals surface area contributed by atoms with Crippen LogP contribution in [0.2, 0.25) is 0 Å². The molecule has 0 spiro atoms. The summed E-state index contributed by atoms with van der Waals surface area (Å²) in [5.74, 6) is -3.61. The number of nitrogens with two attached hydrogens (primary N) is 1. The number of alkyl halides is 3. The SMILES string of the molecule is Nc1cc([N+](=O)[O-])c(F)cc1[C@H]1C[C@@H]1C(F)(F)F. The Kier molecular flexibility index (Phi) is 2.67. The van der Waals surface area contributed by atoms with Crippen molar-refractivity contribution in [1.29, 1.82) is 0 Å². The van der Waals surface area contributed by atoms with Crippen LogP contribution >= 0.6 is 0 Å². The van der Waals surface area contributed by atoms with Crippen LogP contribution in [0.4, 0.5) is 28.9 Å². The highest BCUT2D eigenvalue weighted by atomic mass is 19.4. The molecule has 2 rings (SSSR count). The van der Waals surface area contributed by atoms with E-state index >= 15 is 0 Å². The van der Waals surface area contributed by atoms with E-state index in [0.717, 1.165) is 12.1 Å². The number of rotatable bonds is 2. The van der Waals surface area contributed by atoms with Crippen molar-refractivity contribution in [2.45, 2.75) is 18.5 Å². The molecule has 18 heavy (non-hydrogen) atoms. The average Bonchev–Trinajstić information content (AvgIpc) is 2.99. The highest BCUT2D eigenvalue weighted by Crippen LogP contribution is 2.57. The molecule has 0 saturated heterocycles. The van der Waals surface area contributed by atoms with Gasteiger partial charge in [0, 0.05) is 11.8 Å². The van der Waals surface area contributed by atoms with Crippen LogP contribution in [0.15, 0.2) is 12.1 Å². The highest BCUT2D eigenvalue weighted by Gasteiger charge is 2.56. The smallest absolute Gasteiger partial charge is 0.392 e. The van der Waals surface area contributed by atoms with Gasteiger partial charge in [-0.15, -0.1) is 0 Å². The zero-order valence-corrected chi connectivity index (χ0v) is 8.87. The van der Waals surface area contributed by atoms with Crippen LogP contribution in [0.3, 0.4) is 0 Å². The zero-order chi connectivity index (χ0) is 13.7. The Labute approximate surface area is 98.5 Å². The second-order valence-electron chi connectivity index (χ2n) is 4.18. The zero-order valence-electron chi connectivity index (χ0n) is 8.87. The first kappa shape index (κ1) is 12.6. The van der Waals surface area contributed by atoms with Gasteiger partial charge in [0.05, 0.1) is 10.8 Å². The summed E-state index contributed by atoms with van der Waals surface area (Å²) in [5, 5.41) is 10.4. The van der Waals surface area contributed by atoms with Gasteiger partial charge in [0.25, 0.3) is 0 Å². The minimum atomic E-state index is -4.35. The molecule has 98 valence electrons. The Bertz CT molecular complexity index is 515. The van der Waals surface area contributed by atoms with Crippen molar-refractivity contribution in [3.05, 3.63) is 33.6 Å². The third-order valence-corrected chi connectivity index (χ3v) is 2.96. The van der Waals surface area contributed by atoms with Crippen LogP contribution in [0.1, 0.15) is 17.9 Å². The summed E-state index contributed by atoms with van der Waals surface area (Å²) in [6.07, 6.45) is -4.51. The monoisotopic (exact) mass is 264 g/mol. The van der Waals surface area contributed by atoms with Crippen LogP contribution < -0.4 is 5.73 Å². The van der Waals surface area contributed by atoms with Gasteiger partial charge in [-0.1, -0.05) is 0 Å². The number of halogens is 4. The van der Waals surface area contributed by atoms with Gasteiger partial charge in [-0.2, -0.15) is 17.6 Å². The predicted octanol–water partition coefficient (Wildman–Crippen LogP) is 2.98. The van der Waals surface area contributed by atoms with Crippen molar-refractivity contribution in [2.75, 3.05) is 5.73 Å². The Hall–Kier alpha value is -1.86. The molecule has 1 saturated carbocycles. The van der Waals surface area contributed by atoms with E-state index in [4.69, 9.17) is 5.73 Å². The fourth-order valence-corrected chi connectivity index (χ4v) is 1.95. The van der Waals surface area contributed by atoms with Gasteiger partial charge in [0.2, 0.25) is 5.82 Å². The number of benzene rings is 1. The van der Waals surface area contributed by atoms with Crippen LogP contribution in [0, 0.1) is 21.8 Å². The van der Waals surface area contributed by atoms with E-state index in [1.807, 2.05) is 0 Å². The first-order valence-electron chi connectivity index (χ1n) is 5.02. The molecule has 2 atom stereocenters. The molecule has 0 amide bonds. The Balaban J connectivity index is 2.32. The lowest BCUT2D eigenvalue weighted by Gasteiger charge is -2.08. The van der Waals surface area contributed by atoms with Gasteiger partial charge in [-0.05, 0) is 24.0 Å². The van der Waals surface area contributed by atoms with Gasteiger partial charge in [0.1, 0.15) is 0 Å². The number of nitro benzene ring substituents is 1. The van der Waals surface area contributed by atoms with E-state index < -0.39 is 34.4 Å². The molecule has 1 aromatic rings. The number of hydrogen-bond acceptors (Lipinski definition) is 3. The second kappa shape index (κ2) is 3.82. The molecule has 2 N–H and O–H groups in total. The standard InChI is InChI=1S/C10H8F4N2O2/c11-7-2-5(4-1-6(4)10(12,13)14)8(15)3-9(7)16(17)18/h2-4,6H,1,15H2/t4-,6+/m1/s1. The molecule has 0 radical (unpaired) electrons. The van der Waals surface area contributed by atoms with E-state index in [0.29, 0.717) is 0 Å². The Morgan fingerprint density at radius 3 is 2.44 bits per heavy atom. The van der Waals surface area contributed by atoms with Crippen molar-refractivity contribution in [3.8, 4) is 0 Å². The highest BCUT2D eigenvalue weighted by molar-refractivity contribution is 5.57. The maximum atomic E-state index is 13.3. The molecule has 1 aliphatic carbocycles. The fraction of sp³-hybridized carbons (Fsp3) is 0.400. The summed E-state index contributed by atoms with van der Waals surface area (Å²) < 4.78 is 50.4. The Morgan fingerprint density at radius 1 is 1.39 bits per heavy atom. The lowest BCUT2D eigenvalue weighted by atomic mass is 10.1. The maximum absolute atomic E-state index is 13.3. The first-order chi connectivity index (χ1) is 8.21. The lowest BCUT2D eigenvalue weighted by Crippen LogP contribution is -2.12. The molecule has 0 aromatic heterocycles. The van der Waals surface area contributed by atoms with Crippen molar-refractivity contribution in [2.24, 2.45) is 5.92 Å². The lowest BCUT2D eigenvalue weighted by molar-refractivity contribution is -0.387. The second-order valence-corrected chi connectivity index (χ2v) is 4.18. The van der Waals surface area contributed by atoms with Crippen LogP contribution in [-0.2, 0) is 0 Å². The van der Waals surface area contributed by atoms with Crippen molar-refractivity contribution < 1.29 is 22.5 Å². The fourth-order valence-electron chi connectivity index (χ4n) is 1.95. The van der Waals surface area contributed by atoms with Crippen LogP contribution in [-0.4, -0.2) is 11.1 Å². The van der Waals surface area contributed by atoms with Crippen molar-refractivity contribution in [1.82, 2.24) is 0 Å². The number of nitrogens with zero attached hydrogens (tertiary/aromatic N) is 1. The quantitative estimate of drug-likeness (QED) is 0.386. The van der Waals surface area contributed by atoms with Gasteiger partial charge < -0.3 is 5.73 Å². The molecule has 1 fully saturated rings.